The molecule has 1 aliphatic heterocycles. The van der Waals surface area contributed by atoms with E-state index in [1.165, 1.54) is 33.3 Å². The van der Waals surface area contributed by atoms with Crippen molar-refractivity contribution in [2.45, 2.75) is 65.0 Å². The molecule has 0 saturated heterocycles. The highest BCUT2D eigenvalue weighted by Crippen LogP contribution is 2.29. The van der Waals surface area contributed by atoms with Crippen molar-refractivity contribution < 1.29 is 43.6 Å². The van der Waals surface area contributed by atoms with E-state index in [0.717, 1.165) is 6.08 Å². The number of carbonyl (C=O) groups excluding carboxylic acids is 4. The molecule has 5 N–H and O–H groups in total. The quantitative estimate of drug-likeness (QED) is 0.235. The number of aliphatic hydroxyl groups excluding tert-OH is 2. The highest BCUT2D eigenvalue weighted by atomic mass is 16.6. The summed E-state index contributed by atoms with van der Waals surface area (Å²) >= 11 is 0. The summed E-state index contributed by atoms with van der Waals surface area (Å²) < 4.78 is 16.4. The number of amides is 2. The molecular weight excluding hydrogens is 508 g/mol. The molecule has 0 aromatic heterocycles. The van der Waals surface area contributed by atoms with Crippen LogP contribution in [0.2, 0.25) is 0 Å². The number of ketones is 2. The topological polar surface area (TPSA) is 174 Å². The minimum atomic E-state index is -1.01. The van der Waals surface area contributed by atoms with Crippen LogP contribution in [-0.4, -0.2) is 72.4 Å². The first-order valence-corrected chi connectivity index (χ1v) is 12.6. The van der Waals surface area contributed by atoms with Gasteiger partial charge in [0.1, 0.15) is 11.9 Å². The first kappa shape index (κ1) is 31.7. The third-order valence-electron chi connectivity index (χ3n) is 6.77. The molecule has 1 aliphatic carbocycles. The molecule has 2 aliphatic rings. The molecule has 11 heteroatoms. The van der Waals surface area contributed by atoms with Gasteiger partial charge in [0.25, 0.3) is 5.91 Å². The molecule has 11 nitrogen and oxygen atoms in total. The summed E-state index contributed by atoms with van der Waals surface area (Å²) in [4.78, 5) is 49.4. The van der Waals surface area contributed by atoms with Crippen LogP contribution in [0.3, 0.4) is 0 Å². The Kier molecular flexibility index (Phi) is 11.4. The Balaban J connectivity index is 2.59. The number of primary amides is 1. The summed E-state index contributed by atoms with van der Waals surface area (Å²) in [5.41, 5.74) is 5.79. The predicted octanol–water partition coefficient (Wildman–Crippen LogP) is 2.32. The van der Waals surface area contributed by atoms with Gasteiger partial charge < -0.3 is 35.5 Å². The van der Waals surface area contributed by atoms with Gasteiger partial charge >= 0.3 is 6.09 Å². The lowest BCUT2D eigenvalue weighted by molar-refractivity contribution is -0.132. The van der Waals surface area contributed by atoms with Gasteiger partial charge in [-0.3, -0.25) is 14.4 Å². The van der Waals surface area contributed by atoms with Gasteiger partial charge in [-0.05, 0) is 38.2 Å². The number of allylic oxidation sites excluding steroid dienone is 4. The molecular formula is C28H38N2O9. The Morgan fingerprint density at radius 3 is 2.38 bits per heavy atom. The fourth-order valence-corrected chi connectivity index (χ4v) is 4.57. The SMILES string of the molecule is CO[C@H]1C[C@@H](C)CC2=C(O)C(=CC(=O)C2=O)NC(=O)/C(C)=C\C=C\[C@@H](OC)[C@@H](OC(N)=O)/C(C)=C\[C@@H](C)[C@H]1O. The second-order valence-corrected chi connectivity index (χ2v) is 9.90. The molecule has 2 amide bonds. The fourth-order valence-electron chi connectivity index (χ4n) is 4.57. The van der Waals surface area contributed by atoms with Crippen LogP contribution in [0.15, 0.2) is 58.6 Å². The fraction of sp³-hybridized carbons (Fsp3) is 0.500. The van der Waals surface area contributed by atoms with Gasteiger partial charge in [0.05, 0.1) is 17.9 Å². The van der Waals surface area contributed by atoms with Crippen LogP contribution >= 0.6 is 0 Å². The van der Waals surface area contributed by atoms with Crippen LogP contribution in [0.25, 0.3) is 0 Å². The van der Waals surface area contributed by atoms with Gasteiger partial charge in [-0.1, -0.05) is 38.2 Å². The number of rotatable bonds is 3. The smallest absolute Gasteiger partial charge is 0.405 e. The lowest BCUT2D eigenvalue weighted by Crippen LogP contribution is -2.37. The molecule has 0 unspecified atom stereocenters. The number of nitrogens with one attached hydrogen (secondary N) is 1. The van der Waals surface area contributed by atoms with Crippen LogP contribution in [0.4, 0.5) is 4.79 Å². The molecule has 0 fully saturated rings. The Morgan fingerprint density at radius 2 is 1.79 bits per heavy atom. The Bertz CT molecular complexity index is 1130. The van der Waals surface area contributed by atoms with Crippen molar-refractivity contribution >= 4 is 23.6 Å². The van der Waals surface area contributed by atoms with Crippen molar-refractivity contribution in [2.75, 3.05) is 14.2 Å². The minimum Gasteiger partial charge on any atom is -0.505 e. The first-order valence-electron chi connectivity index (χ1n) is 12.6. The van der Waals surface area contributed by atoms with Crippen LogP contribution < -0.4 is 11.1 Å². The van der Waals surface area contributed by atoms with Gasteiger partial charge in [0.15, 0.2) is 6.10 Å². The summed E-state index contributed by atoms with van der Waals surface area (Å²) in [6.45, 7) is 6.79. The van der Waals surface area contributed by atoms with E-state index in [1.54, 1.807) is 32.9 Å². The van der Waals surface area contributed by atoms with Crippen LogP contribution in [0.1, 0.15) is 40.5 Å². The van der Waals surface area contributed by atoms with Crippen molar-refractivity contribution in [3.63, 3.8) is 0 Å². The summed E-state index contributed by atoms with van der Waals surface area (Å²) in [6.07, 6.45) is 3.07. The van der Waals surface area contributed by atoms with Gasteiger partial charge in [-0.15, -0.1) is 0 Å². The number of carbonyl (C=O) groups is 4. The van der Waals surface area contributed by atoms with Crippen molar-refractivity contribution in [1.29, 1.82) is 0 Å². The lowest BCUT2D eigenvalue weighted by Gasteiger charge is -2.29. The summed E-state index contributed by atoms with van der Waals surface area (Å²) in [5.74, 6) is -3.58. The first-order chi connectivity index (χ1) is 18.3. The maximum atomic E-state index is 12.8. The van der Waals surface area contributed by atoms with Crippen molar-refractivity contribution in [2.24, 2.45) is 17.6 Å². The van der Waals surface area contributed by atoms with E-state index in [0.29, 0.717) is 5.57 Å². The molecule has 0 radical (unpaired) electrons. The Labute approximate surface area is 228 Å². The number of ether oxygens (including phenoxy) is 3. The highest BCUT2D eigenvalue weighted by molar-refractivity contribution is 6.48. The van der Waals surface area contributed by atoms with Gasteiger partial charge in [0.2, 0.25) is 11.6 Å². The van der Waals surface area contributed by atoms with Gasteiger partial charge in [0, 0.05) is 37.4 Å². The number of fused-ring (bicyclic) bond motifs is 1. The van der Waals surface area contributed by atoms with Gasteiger partial charge in [-0.25, -0.2) is 4.79 Å². The van der Waals surface area contributed by atoms with E-state index in [9.17, 15) is 29.4 Å². The standard InChI is InChI=1S/C28H38N2O9/c1-14-10-18-24(33)19(13-20(31)25(18)34)30-27(35)15(2)8-7-9-21(37-5)26(39-28(29)36)17(4)12-16(3)23(32)22(11-14)38-6/h7-9,12-14,16,21-23,26,32-33H,10-11H2,1-6H3,(H2,29,36)(H,30,35)/b9-7+,15-8-,17-12-/t14-,16+,21+,22-,23+,26-/m0/s1. The average molecular weight is 547 g/mol. The zero-order valence-corrected chi connectivity index (χ0v) is 23.1. The number of aliphatic hydroxyl groups is 2. The lowest BCUT2D eigenvalue weighted by atomic mass is 9.85. The predicted molar refractivity (Wildman–Crippen MR) is 142 cm³/mol. The molecule has 0 aromatic carbocycles. The highest BCUT2D eigenvalue weighted by Gasteiger charge is 2.33. The van der Waals surface area contributed by atoms with E-state index < -0.39 is 59.7 Å². The van der Waals surface area contributed by atoms with Crippen LogP contribution in [-0.2, 0) is 28.6 Å². The average Bonchev–Trinajstić information content (AvgIpc) is 2.88. The molecule has 2 rings (SSSR count). The normalized spacial score (nSPS) is 33.3. The van der Waals surface area contributed by atoms with E-state index in [2.05, 4.69) is 5.32 Å². The van der Waals surface area contributed by atoms with Crippen molar-refractivity contribution in [3.8, 4) is 0 Å². The maximum Gasteiger partial charge on any atom is 0.405 e. The molecule has 1 heterocycles. The molecule has 0 spiro atoms. The molecule has 0 aromatic rings. The van der Waals surface area contributed by atoms with Gasteiger partial charge in [-0.2, -0.15) is 0 Å². The maximum absolute atomic E-state index is 12.8. The summed E-state index contributed by atoms with van der Waals surface area (Å²) in [5, 5.41) is 24.3. The number of Topliss-reactive ketones (excluding diaryl/α,β-unsaturated/α-hetero) is 1. The minimum absolute atomic E-state index is 0.0149. The van der Waals surface area contributed by atoms with E-state index in [-0.39, 0.29) is 35.6 Å². The summed E-state index contributed by atoms with van der Waals surface area (Å²) in [7, 11) is 2.86. The number of hydrogen-bond donors (Lipinski definition) is 4. The van der Waals surface area contributed by atoms with Crippen molar-refractivity contribution in [1.82, 2.24) is 5.32 Å². The zero-order valence-electron chi connectivity index (χ0n) is 23.1. The molecule has 214 valence electrons. The second kappa shape index (κ2) is 14.0. The number of hydrogen-bond acceptors (Lipinski definition) is 9. The number of methoxy groups -OCH3 is 2. The Hall–Kier alpha value is -3.54. The van der Waals surface area contributed by atoms with Crippen LogP contribution in [0.5, 0.6) is 0 Å². The monoisotopic (exact) mass is 546 g/mol. The zero-order chi connectivity index (χ0) is 29.4. The molecule has 2 bridgehead atoms. The molecule has 39 heavy (non-hydrogen) atoms. The molecule has 6 atom stereocenters. The van der Waals surface area contributed by atoms with E-state index in [1.807, 2.05) is 0 Å². The Morgan fingerprint density at radius 1 is 1.13 bits per heavy atom. The molecule has 0 saturated carbocycles. The second-order valence-electron chi connectivity index (χ2n) is 9.90. The third-order valence-corrected chi connectivity index (χ3v) is 6.77. The van der Waals surface area contributed by atoms with Crippen LogP contribution in [0, 0.1) is 11.8 Å². The third kappa shape index (κ3) is 8.22. The summed E-state index contributed by atoms with van der Waals surface area (Å²) in [6, 6.07) is 0. The van der Waals surface area contributed by atoms with Crippen molar-refractivity contribution in [3.05, 3.63) is 58.6 Å². The van der Waals surface area contributed by atoms with E-state index >= 15 is 0 Å². The largest absolute Gasteiger partial charge is 0.505 e. The number of nitrogens with two attached hydrogens (primary N) is 1. The van der Waals surface area contributed by atoms with E-state index in [4.69, 9.17) is 19.9 Å².